The predicted molar refractivity (Wildman–Crippen MR) is 255 cm³/mol. The highest BCUT2D eigenvalue weighted by Gasteiger charge is 2.26. The molecule has 3 aromatic heterocycles. The molecule has 3 heterocycles. The molecule has 0 spiro atoms. The summed E-state index contributed by atoms with van der Waals surface area (Å²) < 4.78 is 7.33. The lowest BCUT2D eigenvalue weighted by atomic mass is 9.99. The Morgan fingerprint density at radius 3 is 1.72 bits per heavy atom. The molecule has 10 rings (SSSR count). The van der Waals surface area contributed by atoms with Crippen LogP contribution in [-0.2, 0) is 0 Å². The average molecular weight is 771 g/mol. The van der Waals surface area contributed by atoms with Gasteiger partial charge < -0.3 is 19.1 Å². The molecule has 0 radical (unpaired) electrons. The lowest BCUT2D eigenvalue weighted by Crippen LogP contribution is -1.98. The summed E-state index contributed by atoms with van der Waals surface area (Å²) in [6.07, 6.45) is 14.1. The first kappa shape index (κ1) is 36.4. The van der Waals surface area contributed by atoms with E-state index in [2.05, 4.69) is 184 Å². The topological polar surface area (TPSA) is 38.6 Å². The van der Waals surface area contributed by atoms with Gasteiger partial charge in [0, 0.05) is 32.9 Å². The molecule has 4 heteroatoms. The summed E-state index contributed by atoms with van der Waals surface area (Å²) in [6.45, 7) is 6.01. The van der Waals surface area contributed by atoms with Gasteiger partial charge in [-0.3, -0.25) is 0 Å². The van der Waals surface area contributed by atoms with Crippen molar-refractivity contribution in [2.75, 3.05) is 0 Å². The molecule has 0 unspecified atom stereocenters. The third kappa shape index (κ3) is 6.05. The summed E-state index contributed by atoms with van der Waals surface area (Å²) in [6, 6.07) is 62.2. The van der Waals surface area contributed by atoms with Crippen molar-refractivity contribution in [2.24, 2.45) is 0 Å². The number of rotatable bonds is 10. The van der Waals surface area contributed by atoms with Crippen LogP contribution < -0.4 is 0 Å². The zero-order valence-corrected chi connectivity index (χ0v) is 33.3. The number of fused-ring (bicyclic) bond motifs is 9. The van der Waals surface area contributed by atoms with Crippen LogP contribution in [0.1, 0.15) is 18.1 Å². The van der Waals surface area contributed by atoms with Crippen LogP contribution in [0.2, 0.25) is 0 Å². The van der Waals surface area contributed by atoms with Crippen LogP contribution >= 0.6 is 0 Å². The fourth-order valence-corrected chi connectivity index (χ4v) is 8.88. The van der Waals surface area contributed by atoms with Gasteiger partial charge in [0.1, 0.15) is 0 Å². The van der Waals surface area contributed by atoms with Crippen molar-refractivity contribution in [3.8, 4) is 17.1 Å². The molecule has 0 atom stereocenters. The van der Waals surface area contributed by atoms with Crippen molar-refractivity contribution in [1.29, 1.82) is 5.41 Å². The van der Waals surface area contributed by atoms with Gasteiger partial charge in [-0.1, -0.05) is 164 Å². The van der Waals surface area contributed by atoms with E-state index in [4.69, 9.17) is 5.41 Å². The van der Waals surface area contributed by atoms with Gasteiger partial charge >= 0.3 is 0 Å². The van der Waals surface area contributed by atoms with Crippen molar-refractivity contribution >= 4 is 66.4 Å². The summed E-state index contributed by atoms with van der Waals surface area (Å²) in [4.78, 5) is 0. The van der Waals surface area contributed by atoms with E-state index < -0.39 is 0 Å². The Bertz CT molecular complexity index is 3350. The Labute approximate surface area is 349 Å². The van der Waals surface area contributed by atoms with E-state index in [0.29, 0.717) is 5.71 Å². The molecular formula is C56H42N4. The number of nitrogens with one attached hydrogen (secondary N) is 1. The summed E-state index contributed by atoms with van der Waals surface area (Å²) in [5.41, 5.74) is 14.5. The smallest absolute Gasteiger partial charge is 0.0811 e. The van der Waals surface area contributed by atoms with Crippen LogP contribution in [0.4, 0.5) is 0 Å². The van der Waals surface area contributed by atoms with Gasteiger partial charge in [0.2, 0.25) is 0 Å². The quantitative estimate of drug-likeness (QED) is 0.106. The van der Waals surface area contributed by atoms with E-state index in [0.717, 1.165) is 55.9 Å². The Hall–Kier alpha value is -7.95. The van der Waals surface area contributed by atoms with Crippen molar-refractivity contribution < 1.29 is 0 Å². The lowest BCUT2D eigenvalue weighted by molar-refractivity contribution is 1.17. The zero-order chi connectivity index (χ0) is 40.6. The summed E-state index contributed by atoms with van der Waals surface area (Å²) in [7, 11) is 0. The standard InChI is InChI=1S/C56H42N4/c1-3-20-39(21-4-2)42(38-47(57)40-22-8-5-9-23-40)35-34-41-24-14-17-31-48(41)60-49-32-18-15-29-45(49)53-51(60)36-37-52-54(53)56-55(59(52)44-27-12-7-13-28-44)46-30-16-19-33-50(46)58(56)43-25-10-6-11-26-43/h3-38,57H,1H2,2H3/b21-4-,35-34+,39-20+,42-38+,57-47?. The van der Waals surface area contributed by atoms with Crippen LogP contribution in [-0.4, -0.2) is 19.4 Å². The maximum atomic E-state index is 9.03. The normalized spacial score (nSPS) is 12.6. The predicted octanol–water partition coefficient (Wildman–Crippen LogP) is 14.5. The fourth-order valence-electron chi connectivity index (χ4n) is 8.88. The third-order valence-electron chi connectivity index (χ3n) is 11.4. The molecule has 0 aliphatic carbocycles. The SMILES string of the molecule is C=C/C=C(\C=C/C)C(/C=C/c1ccccc1-n1c2ccccc2c2c3c(ccc21)n(-c1ccccc1)c1c2ccccc2n(-c2ccccc2)c31)=C/C(=N)c1ccccc1. The second-order valence-corrected chi connectivity index (χ2v) is 14.9. The molecule has 0 fully saturated rings. The van der Waals surface area contributed by atoms with Crippen LogP contribution in [0.5, 0.6) is 0 Å². The molecular weight excluding hydrogens is 729 g/mol. The number of hydrogen-bond acceptors (Lipinski definition) is 1. The summed E-state index contributed by atoms with van der Waals surface area (Å²) >= 11 is 0. The maximum Gasteiger partial charge on any atom is 0.0811 e. The molecule has 0 saturated carbocycles. The van der Waals surface area contributed by atoms with Crippen LogP contribution in [0.3, 0.4) is 0 Å². The number of aromatic nitrogens is 3. The highest BCUT2D eigenvalue weighted by molar-refractivity contribution is 6.31. The highest BCUT2D eigenvalue weighted by atomic mass is 15.1. The number of para-hydroxylation sites is 5. The van der Waals surface area contributed by atoms with Gasteiger partial charge in [0.05, 0.1) is 44.5 Å². The fraction of sp³-hybridized carbons (Fsp3) is 0.0179. The number of allylic oxidation sites excluding steroid dienone is 8. The van der Waals surface area contributed by atoms with Gasteiger partial charge in [-0.15, -0.1) is 0 Å². The van der Waals surface area contributed by atoms with E-state index in [9.17, 15) is 0 Å². The monoisotopic (exact) mass is 770 g/mol. The number of nitrogens with zero attached hydrogens (tertiary/aromatic N) is 3. The van der Waals surface area contributed by atoms with Crippen molar-refractivity contribution in [1.82, 2.24) is 13.7 Å². The first-order chi connectivity index (χ1) is 29.7. The average Bonchev–Trinajstić information content (AvgIpc) is 3.94. The van der Waals surface area contributed by atoms with Gasteiger partial charge in [-0.05, 0) is 89.9 Å². The minimum Gasteiger partial charge on any atom is -0.309 e. The highest BCUT2D eigenvalue weighted by Crippen LogP contribution is 2.46. The molecule has 7 aromatic carbocycles. The zero-order valence-electron chi connectivity index (χ0n) is 33.3. The van der Waals surface area contributed by atoms with Gasteiger partial charge in [-0.2, -0.15) is 0 Å². The van der Waals surface area contributed by atoms with E-state index >= 15 is 0 Å². The molecule has 0 aliphatic heterocycles. The molecule has 0 aliphatic rings. The third-order valence-corrected chi connectivity index (χ3v) is 11.4. The van der Waals surface area contributed by atoms with E-state index in [-0.39, 0.29) is 0 Å². The summed E-state index contributed by atoms with van der Waals surface area (Å²) in [5.74, 6) is 0. The van der Waals surface area contributed by atoms with Gasteiger partial charge in [0.15, 0.2) is 0 Å². The second kappa shape index (κ2) is 15.4. The molecule has 0 amide bonds. The lowest BCUT2D eigenvalue weighted by Gasteiger charge is -2.13. The van der Waals surface area contributed by atoms with E-state index in [1.807, 2.05) is 55.5 Å². The van der Waals surface area contributed by atoms with Crippen LogP contribution in [0.25, 0.3) is 77.8 Å². The Morgan fingerprint density at radius 1 is 0.500 bits per heavy atom. The first-order valence-electron chi connectivity index (χ1n) is 20.4. The van der Waals surface area contributed by atoms with E-state index in [1.54, 1.807) is 6.08 Å². The van der Waals surface area contributed by atoms with Crippen LogP contribution in [0, 0.1) is 5.41 Å². The number of hydrogen-bond donors (Lipinski definition) is 1. The molecule has 0 bridgehead atoms. The molecule has 286 valence electrons. The molecule has 4 nitrogen and oxygen atoms in total. The molecule has 10 aromatic rings. The van der Waals surface area contributed by atoms with Crippen LogP contribution in [0.15, 0.2) is 230 Å². The maximum absolute atomic E-state index is 9.03. The first-order valence-corrected chi connectivity index (χ1v) is 20.4. The van der Waals surface area contributed by atoms with E-state index in [1.165, 1.54) is 38.1 Å². The van der Waals surface area contributed by atoms with Gasteiger partial charge in [-0.25, -0.2) is 0 Å². The minimum absolute atomic E-state index is 0.441. The minimum atomic E-state index is 0.441. The number of benzene rings is 7. The van der Waals surface area contributed by atoms with Crippen molar-refractivity contribution in [3.05, 3.63) is 241 Å². The van der Waals surface area contributed by atoms with Crippen molar-refractivity contribution in [3.63, 3.8) is 0 Å². The molecule has 1 N–H and O–H groups in total. The molecule has 60 heavy (non-hydrogen) atoms. The Balaban J connectivity index is 1.27. The van der Waals surface area contributed by atoms with Gasteiger partial charge in [0.25, 0.3) is 0 Å². The Morgan fingerprint density at radius 2 is 1.05 bits per heavy atom. The summed E-state index contributed by atoms with van der Waals surface area (Å²) in [5, 5.41) is 13.8. The second-order valence-electron chi connectivity index (χ2n) is 14.9. The Kier molecular flexibility index (Phi) is 9.36. The van der Waals surface area contributed by atoms with Crippen molar-refractivity contribution in [2.45, 2.75) is 6.92 Å². The molecule has 0 saturated heterocycles. The largest absolute Gasteiger partial charge is 0.309 e.